The number of rotatable bonds is 4. The molecule has 2 N–H and O–H groups in total. The molecule has 7 heteroatoms. The van der Waals surface area contributed by atoms with E-state index < -0.39 is 5.97 Å². The molecular weight excluding hydrogens is 346 g/mol. The van der Waals surface area contributed by atoms with E-state index in [2.05, 4.69) is 17.4 Å². The number of amides is 3. The van der Waals surface area contributed by atoms with Gasteiger partial charge in [-0.1, -0.05) is 30.3 Å². The lowest BCUT2D eigenvalue weighted by atomic mass is 9.97. The minimum absolute atomic E-state index is 0.105. The molecule has 1 aliphatic carbocycles. The SMILES string of the molecule is O=C(O)C1CCN(C(=O)NC2CC(=O)N(C3CC3c3ccccc3)C2)CC1. The van der Waals surface area contributed by atoms with Gasteiger partial charge in [-0.05, 0) is 24.8 Å². The summed E-state index contributed by atoms with van der Waals surface area (Å²) in [6, 6.07) is 10.1. The van der Waals surface area contributed by atoms with Crippen molar-refractivity contribution in [2.45, 2.75) is 43.7 Å². The zero-order valence-electron chi connectivity index (χ0n) is 15.2. The van der Waals surface area contributed by atoms with E-state index in [4.69, 9.17) is 5.11 Å². The molecule has 3 unspecified atom stereocenters. The Kier molecular flexibility index (Phi) is 4.76. The number of hydrogen-bond acceptors (Lipinski definition) is 3. The van der Waals surface area contributed by atoms with Crippen molar-refractivity contribution in [2.75, 3.05) is 19.6 Å². The van der Waals surface area contributed by atoms with Gasteiger partial charge in [0.1, 0.15) is 0 Å². The van der Waals surface area contributed by atoms with E-state index in [1.807, 2.05) is 23.1 Å². The topological polar surface area (TPSA) is 90.0 Å². The highest BCUT2D eigenvalue weighted by atomic mass is 16.4. The number of nitrogens with one attached hydrogen (secondary N) is 1. The molecule has 0 radical (unpaired) electrons. The van der Waals surface area contributed by atoms with Crippen LogP contribution in [-0.4, -0.2) is 64.5 Å². The first kappa shape index (κ1) is 17.8. The number of aliphatic carboxylic acids is 1. The Morgan fingerprint density at radius 3 is 2.48 bits per heavy atom. The lowest BCUT2D eigenvalue weighted by Crippen LogP contribution is -2.49. The van der Waals surface area contributed by atoms with E-state index in [1.54, 1.807) is 4.90 Å². The van der Waals surface area contributed by atoms with Gasteiger partial charge in [-0.25, -0.2) is 4.79 Å². The zero-order chi connectivity index (χ0) is 19.0. The van der Waals surface area contributed by atoms with Crippen LogP contribution in [0.2, 0.25) is 0 Å². The van der Waals surface area contributed by atoms with Crippen LogP contribution in [0.15, 0.2) is 30.3 Å². The molecule has 0 aromatic heterocycles. The van der Waals surface area contributed by atoms with Gasteiger partial charge in [-0.15, -0.1) is 0 Å². The number of likely N-dealkylation sites (tertiary alicyclic amines) is 2. The summed E-state index contributed by atoms with van der Waals surface area (Å²) in [5.74, 6) is -0.639. The maximum Gasteiger partial charge on any atom is 0.317 e. The van der Waals surface area contributed by atoms with Crippen LogP contribution in [0.5, 0.6) is 0 Å². The third-order valence-electron chi connectivity index (χ3n) is 6.00. The number of carboxylic acid groups (broad SMARTS) is 1. The lowest BCUT2D eigenvalue weighted by Gasteiger charge is -2.31. The van der Waals surface area contributed by atoms with Gasteiger partial charge in [0, 0.05) is 38.0 Å². The third kappa shape index (κ3) is 3.77. The number of hydrogen-bond donors (Lipinski definition) is 2. The highest BCUT2D eigenvalue weighted by Gasteiger charge is 2.48. The first-order chi connectivity index (χ1) is 13.0. The minimum Gasteiger partial charge on any atom is -0.481 e. The van der Waals surface area contributed by atoms with Crippen molar-refractivity contribution in [3.8, 4) is 0 Å². The van der Waals surface area contributed by atoms with Gasteiger partial charge in [-0.2, -0.15) is 0 Å². The molecule has 27 heavy (non-hydrogen) atoms. The van der Waals surface area contributed by atoms with E-state index >= 15 is 0 Å². The second kappa shape index (κ2) is 7.21. The molecule has 3 atom stereocenters. The third-order valence-corrected chi connectivity index (χ3v) is 6.00. The second-order valence-corrected chi connectivity index (χ2v) is 7.82. The average Bonchev–Trinajstić information content (AvgIpc) is 3.39. The van der Waals surface area contributed by atoms with E-state index in [-0.39, 0.29) is 29.9 Å². The van der Waals surface area contributed by atoms with Gasteiger partial charge in [0.05, 0.1) is 12.0 Å². The van der Waals surface area contributed by atoms with E-state index in [0.717, 1.165) is 6.42 Å². The molecule has 3 amide bonds. The molecule has 1 aromatic rings. The van der Waals surface area contributed by atoms with Crippen LogP contribution < -0.4 is 5.32 Å². The fourth-order valence-corrected chi connectivity index (χ4v) is 4.33. The number of nitrogens with zero attached hydrogens (tertiary/aromatic N) is 2. The number of carboxylic acids is 1. The van der Waals surface area contributed by atoms with Crippen molar-refractivity contribution in [1.29, 1.82) is 0 Å². The first-order valence-corrected chi connectivity index (χ1v) is 9.65. The van der Waals surface area contributed by atoms with Crippen molar-refractivity contribution < 1.29 is 19.5 Å². The van der Waals surface area contributed by atoms with Crippen LogP contribution in [0, 0.1) is 5.92 Å². The van der Waals surface area contributed by atoms with Crippen LogP contribution in [0.1, 0.15) is 37.2 Å². The lowest BCUT2D eigenvalue weighted by molar-refractivity contribution is -0.143. The van der Waals surface area contributed by atoms with Crippen molar-refractivity contribution >= 4 is 17.9 Å². The van der Waals surface area contributed by atoms with E-state index in [0.29, 0.717) is 44.8 Å². The van der Waals surface area contributed by atoms with Crippen LogP contribution in [0.3, 0.4) is 0 Å². The molecule has 2 aliphatic heterocycles. The smallest absolute Gasteiger partial charge is 0.317 e. The largest absolute Gasteiger partial charge is 0.481 e. The first-order valence-electron chi connectivity index (χ1n) is 9.65. The van der Waals surface area contributed by atoms with Crippen LogP contribution in [0.4, 0.5) is 4.79 Å². The Labute approximate surface area is 158 Å². The standard InChI is InChI=1S/C20H25N3O4/c24-18-10-15(21-20(27)22-8-6-14(7-9-22)19(25)26)12-23(18)17-11-16(17)13-4-2-1-3-5-13/h1-5,14-17H,6-12H2,(H,21,27)(H,25,26). The highest BCUT2D eigenvalue weighted by Crippen LogP contribution is 2.45. The van der Waals surface area contributed by atoms with Gasteiger partial charge in [0.15, 0.2) is 0 Å². The molecular formula is C20H25N3O4. The van der Waals surface area contributed by atoms with E-state index in [9.17, 15) is 14.4 Å². The number of piperidine rings is 1. The summed E-state index contributed by atoms with van der Waals surface area (Å²) in [6.45, 7) is 1.46. The van der Waals surface area contributed by atoms with Gasteiger partial charge in [-0.3, -0.25) is 9.59 Å². The number of benzene rings is 1. The molecule has 7 nitrogen and oxygen atoms in total. The summed E-state index contributed by atoms with van der Waals surface area (Å²) in [4.78, 5) is 39.5. The summed E-state index contributed by atoms with van der Waals surface area (Å²) >= 11 is 0. The molecule has 1 saturated carbocycles. The van der Waals surface area contributed by atoms with Crippen LogP contribution in [0.25, 0.3) is 0 Å². The molecule has 0 spiro atoms. The van der Waals surface area contributed by atoms with E-state index in [1.165, 1.54) is 5.56 Å². The molecule has 4 rings (SSSR count). The highest BCUT2D eigenvalue weighted by molar-refractivity contribution is 5.82. The molecule has 2 saturated heterocycles. The molecule has 3 fully saturated rings. The Morgan fingerprint density at radius 2 is 1.81 bits per heavy atom. The monoisotopic (exact) mass is 371 g/mol. The van der Waals surface area contributed by atoms with Crippen molar-refractivity contribution in [1.82, 2.24) is 15.1 Å². The van der Waals surface area contributed by atoms with Crippen LogP contribution in [-0.2, 0) is 9.59 Å². The van der Waals surface area contributed by atoms with Gasteiger partial charge in [0.2, 0.25) is 5.91 Å². The maximum atomic E-state index is 12.5. The predicted molar refractivity (Wildman–Crippen MR) is 98.2 cm³/mol. The van der Waals surface area contributed by atoms with Crippen LogP contribution >= 0.6 is 0 Å². The van der Waals surface area contributed by atoms with Crippen molar-refractivity contribution in [3.05, 3.63) is 35.9 Å². The summed E-state index contributed by atoms with van der Waals surface area (Å²) in [7, 11) is 0. The summed E-state index contributed by atoms with van der Waals surface area (Å²) in [5, 5.41) is 12.0. The Hall–Kier alpha value is -2.57. The Morgan fingerprint density at radius 1 is 1.11 bits per heavy atom. The Balaban J connectivity index is 1.28. The zero-order valence-corrected chi connectivity index (χ0v) is 15.2. The quantitative estimate of drug-likeness (QED) is 0.842. The van der Waals surface area contributed by atoms with Crippen molar-refractivity contribution in [2.24, 2.45) is 5.92 Å². The minimum atomic E-state index is -0.788. The second-order valence-electron chi connectivity index (χ2n) is 7.82. The Bertz CT molecular complexity index is 730. The molecule has 144 valence electrons. The summed E-state index contributed by atoms with van der Waals surface area (Å²) in [6.07, 6.45) is 2.30. The molecule has 2 heterocycles. The summed E-state index contributed by atoms with van der Waals surface area (Å²) in [5.41, 5.74) is 1.27. The predicted octanol–water partition coefficient (Wildman–Crippen LogP) is 1.65. The van der Waals surface area contributed by atoms with Gasteiger partial charge < -0.3 is 20.2 Å². The number of carbonyl (C=O) groups is 3. The molecule has 3 aliphatic rings. The normalized spacial score (nSPS) is 28.3. The summed E-state index contributed by atoms with van der Waals surface area (Å²) < 4.78 is 0. The fourth-order valence-electron chi connectivity index (χ4n) is 4.33. The fraction of sp³-hybridized carbons (Fsp3) is 0.550. The van der Waals surface area contributed by atoms with Crippen molar-refractivity contribution in [3.63, 3.8) is 0 Å². The van der Waals surface area contributed by atoms with Gasteiger partial charge in [0.25, 0.3) is 0 Å². The number of urea groups is 1. The molecule has 0 bridgehead atoms. The maximum absolute atomic E-state index is 12.5. The van der Waals surface area contributed by atoms with Gasteiger partial charge >= 0.3 is 12.0 Å². The number of carbonyl (C=O) groups excluding carboxylic acids is 2. The molecule has 1 aromatic carbocycles. The average molecular weight is 371 g/mol.